The summed E-state index contributed by atoms with van der Waals surface area (Å²) in [4.78, 5) is 12.3. The molecule has 1 aliphatic heterocycles. The average Bonchev–Trinajstić information content (AvgIpc) is 3.01. The van der Waals surface area contributed by atoms with E-state index in [1.54, 1.807) is 11.4 Å². The lowest BCUT2D eigenvalue weighted by molar-refractivity contribution is 0.0983. The summed E-state index contributed by atoms with van der Waals surface area (Å²) in [5.74, 6) is -0.566. The van der Waals surface area contributed by atoms with Gasteiger partial charge in [0, 0.05) is 0 Å². The summed E-state index contributed by atoms with van der Waals surface area (Å²) < 4.78 is 28.1. The van der Waals surface area contributed by atoms with Crippen molar-refractivity contribution in [3.05, 3.63) is 64.4 Å². The Morgan fingerprint density at radius 1 is 1.04 bits per heavy atom. The molecule has 0 saturated carbocycles. The molecule has 1 amide bonds. The number of anilines is 1. The molecule has 7 heteroatoms. The van der Waals surface area contributed by atoms with Gasteiger partial charge in [0.25, 0.3) is 5.91 Å². The summed E-state index contributed by atoms with van der Waals surface area (Å²) in [5.41, 5.74) is 1.33. The van der Waals surface area contributed by atoms with E-state index in [9.17, 15) is 13.2 Å². The molecule has 0 saturated heterocycles. The second-order valence-electron chi connectivity index (χ2n) is 5.22. The van der Waals surface area contributed by atoms with Gasteiger partial charge in [-0.2, -0.15) is 8.42 Å². The minimum Gasteiger partial charge on any atom is -0.267 e. The number of hydrogen-bond acceptors (Lipinski definition) is 4. The first-order chi connectivity index (χ1) is 11.1. The van der Waals surface area contributed by atoms with Crippen molar-refractivity contribution in [2.24, 2.45) is 0 Å². The van der Waals surface area contributed by atoms with Crippen LogP contribution in [0.2, 0.25) is 0 Å². The summed E-state index contributed by atoms with van der Waals surface area (Å²) in [6, 6.07) is 15.3. The van der Waals surface area contributed by atoms with Gasteiger partial charge in [-0.3, -0.25) is 4.79 Å². The van der Waals surface area contributed by atoms with Crippen LogP contribution in [0.25, 0.3) is 10.8 Å². The third kappa shape index (κ3) is 2.29. The van der Waals surface area contributed by atoms with E-state index in [2.05, 4.69) is 4.72 Å². The largest absolute Gasteiger partial charge is 0.326 e. The lowest BCUT2D eigenvalue weighted by atomic mass is 10.0. The van der Waals surface area contributed by atoms with Gasteiger partial charge >= 0.3 is 10.2 Å². The highest BCUT2D eigenvalue weighted by Crippen LogP contribution is 2.33. The van der Waals surface area contributed by atoms with E-state index in [1.165, 1.54) is 15.6 Å². The van der Waals surface area contributed by atoms with Crippen LogP contribution in [-0.4, -0.2) is 14.3 Å². The lowest BCUT2D eigenvalue weighted by Crippen LogP contribution is -2.47. The molecule has 0 spiro atoms. The maximum Gasteiger partial charge on any atom is 0.326 e. The van der Waals surface area contributed by atoms with Crippen molar-refractivity contribution < 1.29 is 13.2 Å². The van der Waals surface area contributed by atoms with Crippen molar-refractivity contribution in [1.82, 2.24) is 4.72 Å². The van der Waals surface area contributed by atoms with Gasteiger partial charge in [-0.05, 0) is 27.8 Å². The van der Waals surface area contributed by atoms with Crippen LogP contribution in [0, 0.1) is 0 Å². The molecule has 3 aromatic rings. The Bertz CT molecular complexity index is 1020. The molecule has 1 aromatic heterocycles. The second-order valence-corrected chi connectivity index (χ2v) is 7.73. The van der Waals surface area contributed by atoms with Crippen LogP contribution in [0.4, 0.5) is 5.69 Å². The zero-order chi connectivity index (χ0) is 16.0. The van der Waals surface area contributed by atoms with E-state index in [0.717, 1.165) is 16.3 Å². The maximum absolute atomic E-state index is 12.4. The molecule has 1 aliphatic rings. The van der Waals surface area contributed by atoms with Crippen molar-refractivity contribution >= 4 is 43.9 Å². The fraction of sp³-hybridized carbons (Fsp3) is 0.0625. The predicted molar refractivity (Wildman–Crippen MR) is 90.8 cm³/mol. The summed E-state index contributed by atoms with van der Waals surface area (Å²) >= 11 is 1.23. The molecule has 23 heavy (non-hydrogen) atoms. The van der Waals surface area contributed by atoms with Gasteiger partial charge in [-0.1, -0.05) is 42.5 Å². The van der Waals surface area contributed by atoms with Crippen LogP contribution < -0.4 is 9.03 Å². The summed E-state index contributed by atoms with van der Waals surface area (Å²) in [6.45, 7) is 0.174. The first-order valence-electron chi connectivity index (χ1n) is 6.95. The van der Waals surface area contributed by atoms with Gasteiger partial charge in [-0.15, -0.1) is 11.3 Å². The van der Waals surface area contributed by atoms with E-state index >= 15 is 0 Å². The zero-order valence-corrected chi connectivity index (χ0v) is 13.5. The molecule has 0 radical (unpaired) electrons. The molecular weight excluding hydrogens is 332 g/mol. The van der Waals surface area contributed by atoms with Crippen molar-refractivity contribution in [2.45, 2.75) is 6.54 Å². The Hall–Kier alpha value is -2.38. The van der Waals surface area contributed by atoms with Gasteiger partial charge in [-0.25, -0.2) is 9.03 Å². The number of hydrogen-bond donors (Lipinski definition) is 1. The Balaban J connectivity index is 1.84. The highest BCUT2D eigenvalue weighted by Gasteiger charge is 2.35. The van der Waals surface area contributed by atoms with Crippen LogP contribution in [-0.2, 0) is 16.8 Å². The van der Waals surface area contributed by atoms with Crippen molar-refractivity contribution in [2.75, 3.05) is 4.31 Å². The molecule has 0 bridgehead atoms. The second kappa shape index (κ2) is 5.07. The van der Waals surface area contributed by atoms with E-state index < -0.39 is 16.1 Å². The molecule has 0 unspecified atom stereocenters. The molecule has 116 valence electrons. The predicted octanol–water partition coefficient (Wildman–Crippen LogP) is 2.90. The van der Waals surface area contributed by atoms with Crippen molar-refractivity contribution in [3.8, 4) is 0 Å². The topological polar surface area (TPSA) is 66.5 Å². The van der Waals surface area contributed by atoms with Crippen LogP contribution >= 0.6 is 11.3 Å². The first-order valence-corrected chi connectivity index (χ1v) is 9.27. The zero-order valence-electron chi connectivity index (χ0n) is 11.9. The number of carbonyl (C=O) groups excluding carboxylic acids is 1. The van der Waals surface area contributed by atoms with Crippen LogP contribution in [0.5, 0.6) is 0 Å². The van der Waals surface area contributed by atoms with Crippen molar-refractivity contribution in [3.63, 3.8) is 0 Å². The minimum absolute atomic E-state index is 0.174. The fourth-order valence-corrected chi connectivity index (χ4v) is 4.85. The number of thiophene rings is 1. The standard InChI is InChI=1S/C16H12N2O3S2/c19-16-15-14(8-9-22-15)18(23(20,21)17-16)10-12-6-3-5-11-4-1-2-7-13(11)12/h1-9H,10H2,(H,17,19). The molecular formula is C16H12N2O3S2. The number of rotatable bonds is 2. The van der Waals surface area contributed by atoms with Crippen LogP contribution in [0.1, 0.15) is 15.2 Å². The Morgan fingerprint density at radius 3 is 2.70 bits per heavy atom. The van der Waals surface area contributed by atoms with Gasteiger partial charge in [0.15, 0.2) is 0 Å². The van der Waals surface area contributed by atoms with Crippen molar-refractivity contribution in [1.29, 1.82) is 0 Å². The summed E-state index contributed by atoms with van der Waals surface area (Å²) in [5, 5.41) is 3.77. The molecule has 0 aliphatic carbocycles. The summed E-state index contributed by atoms with van der Waals surface area (Å²) in [6.07, 6.45) is 0. The Kier molecular flexibility index (Phi) is 3.14. The van der Waals surface area contributed by atoms with Gasteiger partial charge < -0.3 is 0 Å². The number of fused-ring (bicyclic) bond motifs is 2. The number of amides is 1. The Morgan fingerprint density at radius 2 is 1.83 bits per heavy atom. The van der Waals surface area contributed by atoms with E-state index in [1.807, 2.05) is 42.5 Å². The third-order valence-corrected chi connectivity index (χ3v) is 6.08. The smallest absolute Gasteiger partial charge is 0.267 e. The molecule has 2 heterocycles. The molecule has 4 rings (SSSR count). The highest BCUT2D eigenvalue weighted by molar-refractivity contribution is 7.91. The SMILES string of the molecule is O=C1NS(=O)(=O)N(Cc2cccc3ccccc23)c2ccsc21. The average molecular weight is 344 g/mol. The maximum atomic E-state index is 12.4. The van der Waals surface area contributed by atoms with E-state index in [4.69, 9.17) is 0 Å². The molecule has 0 atom stereocenters. The number of carbonyl (C=O) groups is 1. The number of nitrogens with zero attached hydrogens (tertiary/aromatic N) is 1. The van der Waals surface area contributed by atoms with Crippen LogP contribution in [0.3, 0.4) is 0 Å². The quantitative estimate of drug-likeness (QED) is 0.777. The number of nitrogens with one attached hydrogen (secondary N) is 1. The van der Waals surface area contributed by atoms with E-state index in [-0.39, 0.29) is 6.54 Å². The normalized spacial score (nSPS) is 16.2. The summed E-state index contributed by atoms with van der Waals surface area (Å²) in [7, 11) is -3.88. The van der Waals surface area contributed by atoms with Gasteiger partial charge in [0.1, 0.15) is 4.88 Å². The van der Waals surface area contributed by atoms with Gasteiger partial charge in [0.2, 0.25) is 0 Å². The number of benzene rings is 2. The highest BCUT2D eigenvalue weighted by atomic mass is 32.2. The monoisotopic (exact) mass is 344 g/mol. The van der Waals surface area contributed by atoms with Crippen LogP contribution in [0.15, 0.2) is 53.9 Å². The molecule has 5 nitrogen and oxygen atoms in total. The van der Waals surface area contributed by atoms with E-state index in [0.29, 0.717) is 10.6 Å². The minimum atomic E-state index is -3.88. The van der Waals surface area contributed by atoms with Gasteiger partial charge in [0.05, 0.1) is 12.2 Å². The molecule has 2 aromatic carbocycles. The molecule has 1 N–H and O–H groups in total. The first kappa shape index (κ1) is 14.2. The lowest BCUT2D eigenvalue weighted by Gasteiger charge is -2.28. The molecule has 0 fully saturated rings. The Labute approximate surface area is 137 Å². The third-order valence-electron chi connectivity index (χ3n) is 3.83. The fourth-order valence-electron chi connectivity index (χ4n) is 2.77.